The quantitative estimate of drug-likeness (QED) is 0.140. The van der Waals surface area contributed by atoms with Crippen LogP contribution in [0.5, 0.6) is 5.75 Å². The molecule has 10 heteroatoms. The maximum absolute atomic E-state index is 15.1. The van der Waals surface area contributed by atoms with E-state index < -0.39 is 69.3 Å². The Hall–Kier alpha value is -3.17. The second-order valence-electron chi connectivity index (χ2n) is 10.2. The van der Waals surface area contributed by atoms with Crippen LogP contribution in [-0.4, -0.2) is 0 Å². The van der Waals surface area contributed by atoms with Gasteiger partial charge in [-0.1, -0.05) is 50.8 Å². The Bertz CT molecular complexity index is 1340. The molecule has 3 aromatic rings. The molecule has 0 bridgehead atoms. The van der Waals surface area contributed by atoms with Gasteiger partial charge in [0, 0.05) is 23.3 Å². The fourth-order valence-corrected chi connectivity index (χ4v) is 5.31. The van der Waals surface area contributed by atoms with E-state index in [1.54, 1.807) is 0 Å². The van der Waals surface area contributed by atoms with Gasteiger partial charge in [-0.15, -0.1) is 0 Å². The van der Waals surface area contributed by atoms with Crippen molar-refractivity contribution in [1.82, 2.24) is 0 Å². The second kappa shape index (κ2) is 12.1. The molecule has 216 valence electrons. The van der Waals surface area contributed by atoms with Crippen LogP contribution in [-0.2, 0) is 6.11 Å². The van der Waals surface area contributed by atoms with Crippen LogP contribution in [0.1, 0.15) is 75.3 Å². The molecule has 0 aliphatic heterocycles. The summed E-state index contributed by atoms with van der Waals surface area (Å²) in [6, 6.07) is 3.60. The molecule has 0 amide bonds. The molecule has 1 nitrogen and oxygen atoms in total. The van der Waals surface area contributed by atoms with Gasteiger partial charge in [0.2, 0.25) is 0 Å². The molecule has 3 aromatic carbocycles. The van der Waals surface area contributed by atoms with Crippen LogP contribution in [0.3, 0.4) is 0 Å². The third kappa shape index (κ3) is 6.10. The number of benzene rings is 3. The molecule has 4 rings (SSSR count). The number of rotatable bonds is 9. The molecule has 0 unspecified atom stereocenters. The van der Waals surface area contributed by atoms with Crippen molar-refractivity contribution >= 4 is 0 Å². The average molecular weight is 575 g/mol. The SMILES string of the molecule is CCCCCC1CCC(c2ccc(-c3ccc(C(F)(F)Oc4cc(F)c(F)c(F)c4)c(F)c3F)c(F)c2F)CC1. The predicted molar refractivity (Wildman–Crippen MR) is 131 cm³/mol. The molecule has 1 aliphatic rings. The van der Waals surface area contributed by atoms with Crippen LogP contribution in [0, 0.1) is 46.6 Å². The van der Waals surface area contributed by atoms with Gasteiger partial charge in [-0.3, -0.25) is 0 Å². The van der Waals surface area contributed by atoms with Crippen molar-refractivity contribution in [2.75, 3.05) is 0 Å². The summed E-state index contributed by atoms with van der Waals surface area (Å²) >= 11 is 0. The summed E-state index contributed by atoms with van der Waals surface area (Å²) in [6.45, 7) is 2.12. The van der Waals surface area contributed by atoms with Gasteiger partial charge in [0.15, 0.2) is 40.7 Å². The molecule has 0 heterocycles. The minimum absolute atomic E-state index is 0.105. The first-order valence-corrected chi connectivity index (χ1v) is 13.1. The number of halogens is 9. The van der Waals surface area contributed by atoms with E-state index in [-0.39, 0.29) is 23.6 Å². The molecule has 1 saturated carbocycles. The van der Waals surface area contributed by atoms with Gasteiger partial charge in [0.1, 0.15) is 11.3 Å². The Labute approximate surface area is 226 Å². The smallest absolute Gasteiger partial charge is 0.429 e. The van der Waals surface area contributed by atoms with Gasteiger partial charge in [-0.2, -0.15) is 8.78 Å². The second-order valence-corrected chi connectivity index (χ2v) is 10.2. The highest BCUT2D eigenvalue weighted by Gasteiger charge is 2.40. The van der Waals surface area contributed by atoms with Gasteiger partial charge in [-0.25, -0.2) is 30.7 Å². The third-order valence-corrected chi connectivity index (χ3v) is 7.50. The van der Waals surface area contributed by atoms with E-state index in [1.807, 2.05) is 0 Å². The van der Waals surface area contributed by atoms with E-state index in [2.05, 4.69) is 11.7 Å². The molecular weight excluding hydrogens is 547 g/mol. The van der Waals surface area contributed by atoms with E-state index in [9.17, 15) is 30.7 Å². The van der Waals surface area contributed by atoms with E-state index in [4.69, 9.17) is 0 Å². The van der Waals surface area contributed by atoms with Gasteiger partial charge in [0.25, 0.3) is 0 Å². The number of hydrogen-bond acceptors (Lipinski definition) is 1. The maximum atomic E-state index is 15.1. The zero-order valence-electron chi connectivity index (χ0n) is 21.6. The van der Waals surface area contributed by atoms with Crippen LogP contribution in [0.4, 0.5) is 39.5 Å². The Balaban J connectivity index is 1.56. The molecule has 40 heavy (non-hydrogen) atoms. The Kier molecular flexibility index (Phi) is 9.05. The summed E-state index contributed by atoms with van der Waals surface area (Å²) in [7, 11) is 0. The Morgan fingerprint density at radius 1 is 0.700 bits per heavy atom. The van der Waals surface area contributed by atoms with Crippen molar-refractivity contribution in [2.24, 2.45) is 5.92 Å². The minimum Gasteiger partial charge on any atom is -0.429 e. The summed E-state index contributed by atoms with van der Waals surface area (Å²) < 4.78 is 133. The molecule has 1 fully saturated rings. The molecule has 0 aromatic heterocycles. The predicted octanol–water partition coefficient (Wildman–Crippen LogP) is 10.3. The van der Waals surface area contributed by atoms with E-state index in [0.717, 1.165) is 44.6 Å². The normalized spacial score (nSPS) is 17.8. The molecule has 0 radical (unpaired) electrons. The summed E-state index contributed by atoms with van der Waals surface area (Å²) in [5.74, 6) is -13.2. The number of ether oxygens (including phenoxy) is 1. The van der Waals surface area contributed by atoms with E-state index >= 15 is 8.78 Å². The lowest BCUT2D eigenvalue weighted by Crippen LogP contribution is -2.24. The average Bonchev–Trinajstić information content (AvgIpc) is 2.91. The highest BCUT2D eigenvalue weighted by molar-refractivity contribution is 5.66. The highest BCUT2D eigenvalue weighted by Crippen LogP contribution is 2.42. The molecule has 0 spiro atoms. The zero-order valence-corrected chi connectivity index (χ0v) is 21.6. The highest BCUT2D eigenvalue weighted by atomic mass is 19.3. The fourth-order valence-electron chi connectivity index (χ4n) is 5.31. The number of alkyl halides is 2. The van der Waals surface area contributed by atoms with Crippen molar-refractivity contribution in [1.29, 1.82) is 0 Å². The van der Waals surface area contributed by atoms with Crippen molar-refractivity contribution in [3.05, 3.63) is 88.2 Å². The Morgan fingerprint density at radius 3 is 1.88 bits per heavy atom. The van der Waals surface area contributed by atoms with Crippen LogP contribution in [0.25, 0.3) is 11.1 Å². The first-order valence-electron chi connectivity index (χ1n) is 13.1. The summed E-state index contributed by atoms with van der Waals surface area (Å²) in [4.78, 5) is 0. The molecule has 0 saturated heterocycles. The summed E-state index contributed by atoms with van der Waals surface area (Å²) in [6.07, 6.45) is 2.93. The topological polar surface area (TPSA) is 9.23 Å². The maximum Gasteiger partial charge on any atom is 0.429 e. The summed E-state index contributed by atoms with van der Waals surface area (Å²) in [5, 5.41) is 0. The lowest BCUT2D eigenvalue weighted by Gasteiger charge is -2.29. The van der Waals surface area contributed by atoms with Crippen molar-refractivity contribution in [2.45, 2.75) is 70.3 Å². The lowest BCUT2D eigenvalue weighted by atomic mass is 9.76. The zero-order chi connectivity index (χ0) is 29.2. The van der Waals surface area contributed by atoms with Gasteiger partial charge in [-0.05, 0) is 49.1 Å². The van der Waals surface area contributed by atoms with Crippen molar-refractivity contribution in [3.8, 4) is 16.9 Å². The van der Waals surface area contributed by atoms with Crippen molar-refractivity contribution in [3.63, 3.8) is 0 Å². The molecule has 0 N–H and O–H groups in total. The van der Waals surface area contributed by atoms with Gasteiger partial charge >= 0.3 is 6.11 Å². The summed E-state index contributed by atoms with van der Waals surface area (Å²) in [5.41, 5.74) is -3.01. The van der Waals surface area contributed by atoms with Crippen molar-refractivity contribution < 1.29 is 44.3 Å². The van der Waals surface area contributed by atoms with Gasteiger partial charge in [0.05, 0.1) is 0 Å². The standard InChI is InChI=1S/C30H27F9O/c1-2-3-4-5-16-6-8-17(9-7-16)19-10-11-20(26(34)25(19)33)21-12-13-22(28(36)27(21)35)30(38,39)40-18-14-23(31)29(37)24(32)15-18/h10-17H,2-9H2,1H3. The monoisotopic (exact) mass is 574 g/mol. The Morgan fingerprint density at radius 2 is 1.27 bits per heavy atom. The number of hydrogen-bond donors (Lipinski definition) is 0. The van der Waals surface area contributed by atoms with Crippen LogP contribution in [0.2, 0.25) is 0 Å². The third-order valence-electron chi connectivity index (χ3n) is 7.50. The van der Waals surface area contributed by atoms with Gasteiger partial charge < -0.3 is 4.74 Å². The molecular formula is C30H27F9O. The van der Waals surface area contributed by atoms with Crippen LogP contribution in [0.15, 0.2) is 36.4 Å². The fraction of sp³-hybridized carbons (Fsp3) is 0.400. The molecule has 1 aliphatic carbocycles. The van der Waals surface area contributed by atoms with E-state index in [1.165, 1.54) is 6.07 Å². The first-order chi connectivity index (χ1) is 18.9. The lowest BCUT2D eigenvalue weighted by molar-refractivity contribution is -0.187. The minimum atomic E-state index is -4.66. The van der Waals surface area contributed by atoms with E-state index in [0.29, 0.717) is 30.9 Å². The number of unbranched alkanes of at least 4 members (excludes halogenated alkanes) is 2. The molecule has 0 atom stereocenters. The largest absolute Gasteiger partial charge is 0.429 e. The first kappa shape index (κ1) is 29.8. The van der Waals surface area contributed by atoms with Crippen LogP contribution >= 0.6 is 0 Å². The van der Waals surface area contributed by atoms with Crippen LogP contribution < -0.4 is 4.74 Å².